The molecule has 3 nitrogen and oxygen atoms in total. The minimum Gasteiger partial charge on any atom is -0.385 e. The molecule has 0 saturated heterocycles. The van der Waals surface area contributed by atoms with E-state index in [2.05, 4.69) is 10.6 Å². The zero-order chi connectivity index (χ0) is 15.2. The van der Waals surface area contributed by atoms with E-state index in [1.807, 2.05) is 56.3 Å². The Kier molecular flexibility index (Phi) is 5.23. The molecule has 21 heavy (non-hydrogen) atoms. The van der Waals surface area contributed by atoms with Gasteiger partial charge in [0.1, 0.15) is 0 Å². The molecule has 4 heteroatoms. The zero-order valence-electron chi connectivity index (χ0n) is 12.2. The maximum atomic E-state index is 12.3. The number of rotatable bonds is 5. The predicted octanol–water partition coefficient (Wildman–Crippen LogP) is 4.01. The van der Waals surface area contributed by atoms with Crippen molar-refractivity contribution in [1.82, 2.24) is 5.32 Å². The number of carbonyl (C=O) groups excluding carboxylic acids is 1. The van der Waals surface area contributed by atoms with Crippen molar-refractivity contribution in [2.75, 3.05) is 11.9 Å². The number of aryl methyl sites for hydroxylation is 1. The molecular weight excluding hydrogens is 284 g/mol. The molecule has 2 aromatic rings. The van der Waals surface area contributed by atoms with Crippen molar-refractivity contribution < 1.29 is 4.79 Å². The minimum absolute atomic E-state index is 0.0825. The lowest BCUT2D eigenvalue weighted by Gasteiger charge is -2.12. The summed E-state index contributed by atoms with van der Waals surface area (Å²) in [6, 6.07) is 13.2. The van der Waals surface area contributed by atoms with Crippen LogP contribution in [-0.2, 0) is 6.54 Å². The third-order valence-electron chi connectivity index (χ3n) is 3.15. The number of anilines is 1. The quantitative estimate of drug-likeness (QED) is 0.876. The second kappa shape index (κ2) is 7.14. The molecule has 0 aliphatic heterocycles. The Bertz CT molecular complexity index is 623. The van der Waals surface area contributed by atoms with Crippen molar-refractivity contribution >= 4 is 23.2 Å². The van der Waals surface area contributed by atoms with Crippen molar-refractivity contribution in [1.29, 1.82) is 0 Å². The molecule has 0 aliphatic carbocycles. The number of hydrogen-bond donors (Lipinski definition) is 2. The van der Waals surface area contributed by atoms with Gasteiger partial charge in [-0.1, -0.05) is 29.8 Å². The number of amides is 1. The molecule has 0 saturated carbocycles. The summed E-state index contributed by atoms with van der Waals surface area (Å²) in [5.74, 6) is -0.0825. The number of benzene rings is 2. The van der Waals surface area contributed by atoms with Gasteiger partial charge in [0.05, 0.1) is 5.56 Å². The average molecular weight is 303 g/mol. The molecular formula is C17H19ClN2O. The fourth-order valence-corrected chi connectivity index (χ4v) is 2.20. The first-order valence-electron chi connectivity index (χ1n) is 6.97. The standard InChI is InChI=1S/C17H19ClN2O/c1-3-19-16-10-12(2)4-9-15(16)17(21)20-11-13-5-7-14(18)8-6-13/h4-10,19H,3,11H2,1-2H3,(H,20,21). The van der Waals surface area contributed by atoms with Crippen LogP contribution < -0.4 is 10.6 Å². The SMILES string of the molecule is CCNc1cc(C)ccc1C(=O)NCc1ccc(Cl)cc1. The van der Waals surface area contributed by atoms with Crippen LogP contribution in [-0.4, -0.2) is 12.5 Å². The smallest absolute Gasteiger partial charge is 0.253 e. The summed E-state index contributed by atoms with van der Waals surface area (Å²) in [6.07, 6.45) is 0. The van der Waals surface area contributed by atoms with E-state index < -0.39 is 0 Å². The Morgan fingerprint density at radius 2 is 1.86 bits per heavy atom. The molecule has 0 atom stereocenters. The number of nitrogens with one attached hydrogen (secondary N) is 2. The fraction of sp³-hybridized carbons (Fsp3) is 0.235. The van der Waals surface area contributed by atoms with Crippen molar-refractivity contribution in [3.63, 3.8) is 0 Å². The highest BCUT2D eigenvalue weighted by molar-refractivity contribution is 6.30. The maximum absolute atomic E-state index is 12.3. The molecule has 0 aliphatic rings. The minimum atomic E-state index is -0.0825. The lowest BCUT2D eigenvalue weighted by Crippen LogP contribution is -2.24. The molecule has 1 amide bonds. The van der Waals surface area contributed by atoms with Gasteiger partial charge in [0.25, 0.3) is 5.91 Å². The second-order valence-electron chi connectivity index (χ2n) is 4.89. The highest BCUT2D eigenvalue weighted by atomic mass is 35.5. The molecule has 2 aromatic carbocycles. The van der Waals surface area contributed by atoms with Crippen LogP contribution in [0.15, 0.2) is 42.5 Å². The van der Waals surface area contributed by atoms with Gasteiger partial charge in [-0.3, -0.25) is 4.79 Å². The molecule has 2 rings (SSSR count). The lowest BCUT2D eigenvalue weighted by molar-refractivity contribution is 0.0951. The molecule has 110 valence electrons. The van der Waals surface area contributed by atoms with Crippen LogP contribution in [0.4, 0.5) is 5.69 Å². The summed E-state index contributed by atoms with van der Waals surface area (Å²) in [5, 5.41) is 6.85. The van der Waals surface area contributed by atoms with Crippen LogP contribution in [0.25, 0.3) is 0 Å². The monoisotopic (exact) mass is 302 g/mol. The first-order valence-corrected chi connectivity index (χ1v) is 7.35. The van der Waals surface area contributed by atoms with Gasteiger partial charge in [-0.05, 0) is 49.2 Å². The van der Waals surface area contributed by atoms with Crippen molar-refractivity contribution in [2.45, 2.75) is 20.4 Å². The lowest BCUT2D eigenvalue weighted by atomic mass is 10.1. The third-order valence-corrected chi connectivity index (χ3v) is 3.41. The van der Waals surface area contributed by atoms with E-state index >= 15 is 0 Å². The maximum Gasteiger partial charge on any atom is 0.253 e. The Morgan fingerprint density at radius 1 is 1.14 bits per heavy atom. The molecule has 0 spiro atoms. The van der Waals surface area contributed by atoms with Gasteiger partial charge in [-0.15, -0.1) is 0 Å². The summed E-state index contributed by atoms with van der Waals surface area (Å²) in [7, 11) is 0. The van der Waals surface area contributed by atoms with E-state index in [4.69, 9.17) is 11.6 Å². The van der Waals surface area contributed by atoms with Gasteiger partial charge in [0, 0.05) is 23.8 Å². The Hall–Kier alpha value is -2.00. The summed E-state index contributed by atoms with van der Waals surface area (Å²) in [4.78, 5) is 12.3. The number of halogens is 1. The van der Waals surface area contributed by atoms with E-state index in [9.17, 15) is 4.79 Å². The zero-order valence-corrected chi connectivity index (χ0v) is 13.0. The molecule has 0 aromatic heterocycles. The van der Waals surface area contributed by atoms with Crippen LogP contribution in [0, 0.1) is 6.92 Å². The topological polar surface area (TPSA) is 41.1 Å². The van der Waals surface area contributed by atoms with Gasteiger partial charge in [0.2, 0.25) is 0 Å². The second-order valence-corrected chi connectivity index (χ2v) is 5.32. The van der Waals surface area contributed by atoms with Gasteiger partial charge < -0.3 is 10.6 Å². The van der Waals surface area contributed by atoms with Gasteiger partial charge in [-0.2, -0.15) is 0 Å². The highest BCUT2D eigenvalue weighted by Crippen LogP contribution is 2.17. The predicted molar refractivity (Wildman–Crippen MR) is 88.0 cm³/mol. The molecule has 0 unspecified atom stereocenters. The van der Waals surface area contributed by atoms with Gasteiger partial charge >= 0.3 is 0 Å². The molecule has 0 heterocycles. The van der Waals surface area contributed by atoms with Crippen molar-refractivity contribution in [3.05, 3.63) is 64.2 Å². The van der Waals surface area contributed by atoms with Crippen molar-refractivity contribution in [2.24, 2.45) is 0 Å². The summed E-state index contributed by atoms with van der Waals surface area (Å²) < 4.78 is 0. The summed E-state index contributed by atoms with van der Waals surface area (Å²) in [6.45, 7) is 5.28. The van der Waals surface area contributed by atoms with Crippen LogP contribution in [0.5, 0.6) is 0 Å². The van der Waals surface area contributed by atoms with E-state index in [0.29, 0.717) is 17.1 Å². The first kappa shape index (κ1) is 15.4. The molecule has 0 fully saturated rings. The van der Waals surface area contributed by atoms with E-state index in [1.165, 1.54) is 0 Å². The normalized spacial score (nSPS) is 10.2. The molecule has 2 N–H and O–H groups in total. The van der Waals surface area contributed by atoms with Gasteiger partial charge in [0.15, 0.2) is 0 Å². The van der Waals surface area contributed by atoms with Crippen molar-refractivity contribution in [3.8, 4) is 0 Å². The van der Waals surface area contributed by atoms with Crippen LogP contribution in [0.1, 0.15) is 28.4 Å². The van der Waals surface area contributed by atoms with Crippen LogP contribution in [0.3, 0.4) is 0 Å². The fourth-order valence-electron chi connectivity index (χ4n) is 2.07. The average Bonchev–Trinajstić information content (AvgIpc) is 2.47. The Labute approximate surface area is 130 Å². The Morgan fingerprint density at radius 3 is 2.52 bits per heavy atom. The number of hydrogen-bond acceptors (Lipinski definition) is 2. The molecule has 0 bridgehead atoms. The van der Waals surface area contributed by atoms with E-state index in [-0.39, 0.29) is 5.91 Å². The van der Waals surface area contributed by atoms with E-state index in [1.54, 1.807) is 0 Å². The summed E-state index contributed by atoms with van der Waals surface area (Å²) >= 11 is 5.84. The Balaban J connectivity index is 2.07. The van der Waals surface area contributed by atoms with E-state index in [0.717, 1.165) is 23.4 Å². The number of carbonyl (C=O) groups is 1. The third kappa shape index (κ3) is 4.23. The largest absolute Gasteiger partial charge is 0.385 e. The van der Waals surface area contributed by atoms with Gasteiger partial charge in [-0.25, -0.2) is 0 Å². The van der Waals surface area contributed by atoms with Crippen LogP contribution >= 0.6 is 11.6 Å². The molecule has 0 radical (unpaired) electrons. The first-order chi connectivity index (χ1) is 10.1. The van der Waals surface area contributed by atoms with Crippen LogP contribution in [0.2, 0.25) is 5.02 Å². The summed E-state index contributed by atoms with van der Waals surface area (Å²) in [5.41, 5.74) is 3.67. The highest BCUT2D eigenvalue weighted by Gasteiger charge is 2.10.